The van der Waals surface area contributed by atoms with Gasteiger partial charge in [0, 0.05) is 18.6 Å². The molecule has 2 saturated heterocycles. The summed E-state index contributed by atoms with van der Waals surface area (Å²) in [5.41, 5.74) is 0. The van der Waals surface area contributed by atoms with Crippen molar-refractivity contribution in [1.29, 1.82) is 0 Å². The zero-order valence-electron chi connectivity index (χ0n) is 14.2. The fourth-order valence-corrected chi connectivity index (χ4v) is 4.48. The second kappa shape index (κ2) is 7.78. The molecule has 1 unspecified atom stereocenters. The molecule has 0 bridgehead atoms. The molecule has 1 aliphatic carbocycles. The summed E-state index contributed by atoms with van der Waals surface area (Å²) in [6.07, 6.45) is 11.1. The molecular formula is C18H33N3O. The number of rotatable bonds is 3. The number of carbonyl (C=O) groups is 1. The van der Waals surface area contributed by atoms with Gasteiger partial charge in [-0.25, -0.2) is 0 Å². The van der Waals surface area contributed by atoms with Crippen molar-refractivity contribution < 1.29 is 4.79 Å². The lowest BCUT2D eigenvalue weighted by atomic mass is 9.91. The molecule has 0 radical (unpaired) electrons. The van der Waals surface area contributed by atoms with E-state index in [1.54, 1.807) is 0 Å². The first-order valence-electron chi connectivity index (χ1n) is 9.45. The van der Waals surface area contributed by atoms with Crippen LogP contribution in [0.5, 0.6) is 0 Å². The van der Waals surface area contributed by atoms with Crippen molar-refractivity contribution >= 4 is 5.91 Å². The second-order valence-electron chi connectivity index (χ2n) is 7.71. The van der Waals surface area contributed by atoms with Crippen LogP contribution < -0.4 is 5.32 Å². The number of nitrogens with zero attached hydrogens (tertiary/aromatic N) is 2. The van der Waals surface area contributed by atoms with E-state index in [1.165, 1.54) is 71.0 Å². The van der Waals surface area contributed by atoms with E-state index in [1.807, 2.05) is 0 Å². The van der Waals surface area contributed by atoms with Crippen LogP contribution in [0.1, 0.15) is 57.8 Å². The molecule has 0 spiro atoms. The van der Waals surface area contributed by atoms with Crippen molar-refractivity contribution in [2.75, 3.05) is 33.2 Å². The summed E-state index contributed by atoms with van der Waals surface area (Å²) in [6, 6.07) is 1.17. The largest absolute Gasteiger partial charge is 0.353 e. The first kappa shape index (κ1) is 16.3. The Morgan fingerprint density at radius 2 is 1.64 bits per heavy atom. The van der Waals surface area contributed by atoms with Crippen molar-refractivity contribution in [2.24, 2.45) is 5.92 Å². The molecule has 1 saturated carbocycles. The fraction of sp³-hybridized carbons (Fsp3) is 0.944. The van der Waals surface area contributed by atoms with Crippen molar-refractivity contribution in [3.8, 4) is 0 Å². The van der Waals surface area contributed by atoms with Gasteiger partial charge in [-0.05, 0) is 65.2 Å². The molecule has 0 aromatic carbocycles. The predicted octanol–water partition coefficient (Wildman–Crippen LogP) is 2.24. The lowest BCUT2D eigenvalue weighted by Crippen LogP contribution is -2.51. The maximum atomic E-state index is 12.6. The fourth-order valence-electron chi connectivity index (χ4n) is 4.48. The van der Waals surface area contributed by atoms with Crippen LogP contribution in [0.15, 0.2) is 0 Å². The maximum Gasteiger partial charge on any atom is 0.224 e. The molecule has 1 amide bonds. The van der Waals surface area contributed by atoms with E-state index in [0.29, 0.717) is 18.0 Å². The molecule has 3 fully saturated rings. The number of nitrogens with one attached hydrogen (secondary N) is 1. The van der Waals surface area contributed by atoms with Crippen LogP contribution in [0.3, 0.4) is 0 Å². The third-order valence-electron chi connectivity index (χ3n) is 5.98. The van der Waals surface area contributed by atoms with Crippen LogP contribution in [-0.2, 0) is 4.79 Å². The zero-order chi connectivity index (χ0) is 15.4. The van der Waals surface area contributed by atoms with Gasteiger partial charge in [-0.3, -0.25) is 9.69 Å². The lowest BCUT2D eigenvalue weighted by Gasteiger charge is -2.41. The molecule has 0 aromatic rings. The van der Waals surface area contributed by atoms with E-state index in [-0.39, 0.29) is 5.92 Å². The minimum Gasteiger partial charge on any atom is -0.353 e. The highest BCUT2D eigenvalue weighted by molar-refractivity contribution is 5.79. The van der Waals surface area contributed by atoms with Gasteiger partial charge >= 0.3 is 0 Å². The standard InChI is InChI=1S/C18H33N3O/c1-20-12-9-17(10-13-20)21-11-5-6-15(14-21)18(22)19-16-7-3-2-4-8-16/h15-17H,2-14H2,1H3,(H,19,22). The van der Waals surface area contributed by atoms with Gasteiger partial charge in [0.1, 0.15) is 0 Å². The highest BCUT2D eigenvalue weighted by Gasteiger charge is 2.31. The molecule has 4 heteroatoms. The molecular weight excluding hydrogens is 274 g/mol. The van der Waals surface area contributed by atoms with Gasteiger partial charge in [0.05, 0.1) is 5.92 Å². The van der Waals surface area contributed by atoms with Crippen molar-refractivity contribution in [2.45, 2.75) is 69.9 Å². The van der Waals surface area contributed by atoms with Gasteiger partial charge in [-0.1, -0.05) is 19.3 Å². The van der Waals surface area contributed by atoms with Crippen LogP contribution >= 0.6 is 0 Å². The van der Waals surface area contributed by atoms with E-state index >= 15 is 0 Å². The summed E-state index contributed by atoms with van der Waals surface area (Å²) in [4.78, 5) is 17.6. The third kappa shape index (κ3) is 4.23. The molecule has 126 valence electrons. The van der Waals surface area contributed by atoms with E-state index in [9.17, 15) is 4.79 Å². The van der Waals surface area contributed by atoms with Gasteiger partial charge in [0.25, 0.3) is 0 Å². The average Bonchev–Trinajstić information content (AvgIpc) is 2.56. The minimum atomic E-state index is 0.232. The summed E-state index contributed by atoms with van der Waals surface area (Å²) in [7, 11) is 2.22. The number of piperidine rings is 2. The Morgan fingerprint density at radius 3 is 2.36 bits per heavy atom. The highest BCUT2D eigenvalue weighted by Crippen LogP contribution is 2.24. The minimum absolute atomic E-state index is 0.232. The van der Waals surface area contributed by atoms with Crippen LogP contribution in [0.4, 0.5) is 0 Å². The van der Waals surface area contributed by atoms with Crippen molar-refractivity contribution in [3.63, 3.8) is 0 Å². The Morgan fingerprint density at radius 1 is 0.909 bits per heavy atom. The van der Waals surface area contributed by atoms with E-state index in [4.69, 9.17) is 0 Å². The van der Waals surface area contributed by atoms with Crippen molar-refractivity contribution in [3.05, 3.63) is 0 Å². The number of amides is 1. The molecule has 0 aromatic heterocycles. The predicted molar refractivity (Wildman–Crippen MR) is 89.8 cm³/mol. The van der Waals surface area contributed by atoms with Gasteiger partial charge in [0.2, 0.25) is 5.91 Å². The van der Waals surface area contributed by atoms with Crippen molar-refractivity contribution in [1.82, 2.24) is 15.1 Å². The summed E-state index contributed by atoms with van der Waals surface area (Å²) >= 11 is 0. The van der Waals surface area contributed by atoms with Crippen LogP contribution in [0.25, 0.3) is 0 Å². The molecule has 3 aliphatic rings. The number of likely N-dealkylation sites (tertiary alicyclic amines) is 2. The van der Waals surface area contributed by atoms with Crippen LogP contribution in [-0.4, -0.2) is 61.0 Å². The summed E-state index contributed by atoms with van der Waals surface area (Å²) in [5, 5.41) is 3.35. The zero-order valence-corrected chi connectivity index (χ0v) is 14.2. The SMILES string of the molecule is CN1CCC(N2CCCC(C(=O)NC3CCCCC3)C2)CC1. The average molecular weight is 307 g/mol. The Hall–Kier alpha value is -0.610. The smallest absolute Gasteiger partial charge is 0.224 e. The molecule has 1 N–H and O–H groups in total. The highest BCUT2D eigenvalue weighted by atomic mass is 16.2. The van der Waals surface area contributed by atoms with Gasteiger partial charge in [0.15, 0.2) is 0 Å². The molecule has 1 atom stereocenters. The van der Waals surface area contributed by atoms with E-state index in [2.05, 4.69) is 22.2 Å². The first-order chi connectivity index (χ1) is 10.7. The maximum absolute atomic E-state index is 12.6. The topological polar surface area (TPSA) is 35.6 Å². The van der Waals surface area contributed by atoms with Gasteiger partial charge < -0.3 is 10.2 Å². The monoisotopic (exact) mass is 307 g/mol. The van der Waals surface area contributed by atoms with Gasteiger partial charge in [-0.2, -0.15) is 0 Å². The number of hydrogen-bond acceptors (Lipinski definition) is 3. The molecule has 3 rings (SSSR count). The van der Waals surface area contributed by atoms with Crippen LogP contribution in [0.2, 0.25) is 0 Å². The summed E-state index contributed by atoms with van der Waals surface area (Å²) in [6.45, 7) is 4.61. The Bertz CT molecular complexity index is 359. The number of carbonyl (C=O) groups excluding carboxylic acids is 1. The second-order valence-corrected chi connectivity index (χ2v) is 7.71. The lowest BCUT2D eigenvalue weighted by molar-refractivity contribution is -0.128. The third-order valence-corrected chi connectivity index (χ3v) is 5.98. The molecule has 4 nitrogen and oxygen atoms in total. The van der Waals surface area contributed by atoms with E-state index in [0.717, 1.165) is 13.0 Å². The molecule has 2 heterocycles. The first-order valence-corrected chi connectivity index (χ1v) is 9.45. The molecule has 2 aliphatic heterocycles. The van der Waals surface area contributed by atoms with E-state index < -0.39 is 0 Å². The quantitative estimate of drug-likeness (QED) is 0.868. The summed E-state index contributed by atoms with van der Waals surface area (Å²) < 4.78 is 0. The Labute approximate surface area is 135 Å². The Kier molecular flexibility index (Phi) is 5.75. The van der Waals surface area contributed by atoms with Gasteiger partial charge in [-0.15, -0.1) is 0 Å². The summed E-state index contributed by atoms with van der Waals surface area (Å²) in [5.74, 6) is 0.569. The Balaban J connectivity index is 1.48. The normalized spacial score (nSPS) is 30.3. The molecule has 22 heavy (non-hydrogen) atoms. The van der Waals surface area contributed by atoms with Crippen LogP contribution in [0, 0.1) is 5.92 Å². The number of hydrogen-bond donors (Lipinski definition) is 1.